The second kappa shape index (κ2) is 7.54. The third kappa shape index (κ3) is 4.55. The normalized spacial score (nSPS) is 10.3. The molecule has 1 N–H and O–H groups in total. The minimum atomic E-state index is -0.460. The van der Waals surface area contributed by atoms with E-state index < -0.39 is 5.82 Å². The molecule has 0 spiro atoms. The first-order valence-electron chi connectivity index (χ1n) is 6.95. The van der Waals surface area contributed by atoms with Crippen LogP contribution in [0, 0.1) is 18.6 Å². The first-order valence-corrected chi connectivity index (χ1v) is 6.95. The van der Waals surface area contributed by atoms with Gasteiger partial charge in [-0.2, -0.15) is 0 Å². The molecule has 0 heterocycles. The number of ether oxygens (including phenoxy) is 1. The SMILES string of the molecule is Cc1ccc(CNC(=O)CCOc2ccccc2F)cc1F. The number of amides is 1. The van der Waals surface area contributed by atoms with Crippen LogP contribution in [0.5, 0.6) is 5.75 Å². The average molecular weight is 305 g/mol. The van der Waals surface area contributed by atoms with E-state index in [0.717, 1.165) is 0 Å². The highest BCUT2D eigenvalue weighted by Crippen LogP contribution is 2.15. The van der Waals surface area contributed by atoms with E-state index >= 15 is 0 Å². The number of para-hydroxylation sites is 1. The number of nitrogens with one attached hydrogen (secondary N) is 1. The van der Waals surface area contributed by atoms with Crippen molar-refractivity contribution < 1.29 is 18.3 Å². The summed E-state index contributed by atoms with van der Waals surface area (Å²) in [6, 6.07) is 10.8. The standard InChI is InChI=1S/C17H17F2NO2/c1-12-6-7-13(10-15(12)19)11-20-17(21)8-9-22-16-5-3-2-4-14(16)18/h2-7,10H,8-9,11H2,1H3,(H,20,21). The van der Waals surface area contributed by atoms with Gasteiger partial charge in [0, 0.05) is 6.54 Å². The van der Waals surface area contributed by atoms with Crippen LogP contribution >= 0.6 is 0 Å². The molecule has 0 fully saturated rings. The molecule has 0 aliphatic rings. The lowest BCUT2D eigenvalue weighted by Gasteiger charge is -2.08. The zero-order valence-electron chi connectivity index (χ0n) is 12.2. The molecular weight excluding hydrogens is 288 g/mol. The van der Waals surface area contributed by atoms with Crippen molar-refractivity contribution in [2.45, 2.75) is 19.9 Å². The fraction of sp³-hybridized carbons (Fsp3) is 0.235. The Bertz CT molecular complexity index is 659. The van der Waals surface area contributed by atoms with Crippen LogP contribution in [0.25, 0.3) is 0 Å². The third-order valence-electron chi connectivity index (χ3n) is 3.15. The Kier molecular flexibility index (Phi) is 5.47. The maximum absolute atomic E-state index is 13.4. The second-order valence-corrected chi connectivity index (χ2v) is 4.89. The van der Waals surface area contributed by atoms with Crippen molar-refractivity contribution in [3.63, 3.8) is 0 Å². The first kappa shape index (κ1) is 15.9. The van der Waals surface area contributed by atoms with E-state index in [1.807, 2.05) is 0 Å². The summed E-state index contributed by atoms with van der Waals surface area (Å²) in [5.41, 5.74) is 1.25. The van der Waals surface area contributed by atoms with Crippen LogP contribution in [0.3, 0.4) is 0 Å². The molecule has 3 nitrogen and oxygen atoms in total. The van der Waals surface area contributed by atoms with E-state index in [0.29, 0.717) is 11.1 Å². The molecule has 0 aliphatic carbocycles. The van der Waals surface area contributed by atoms with Crippen molar-refractivity contribution >= 4 is 5.91 Å². The number of hydrogen-bond donors (Lipinski definition) is 1. The van der Waals surface area contributed by atoms with E-state index in [1.165, 1.54) is 18.2 Å². The lowest BCUT2D eigenvalue weighted by Crippen LogP contribution is -2.24. The van der Waals surface area contributed by atoms with E-state index in [9.17, 15) is 13.6 Å². The summed E-state index contributed by atoms with van der Waals surface area (Å²) >= 11 is 0. The second-order valence-electron chi connectivity index (χ2n) is 4.89. The van der Waals surface area contributed by atoms with Gasteiger partial charge in [0.15, 0.2) is 11.6 Å². The minimum absolute atomic E-state index is 0.0784. The summed E-state index contributed by atoms with van der Waals surface area (Å²) in [4.78, 5) is 11.7. The van der Waals surface area contributed by atoms with Crippen LogP contribution < -0.4 is 10.1 Å². The van der Waals surface area contributed by atoms with Gasteiger partial charge in [0.2, 0.25) is 5.91 Å². The van der Waals surface area contributed by atoms with Gasteiger partial charge in [-0.05, 0) is 36.2 Å². The van der Waals surface area contributed by atoms with Crippen LogP contribution in [-0.2, 0) is 11.3 Å². The number of carbonyl (C=O) groups is 1. The van der Waals surface area contributed by atoms with E-state index in [-0.39, 0.29) is 37.0 Å². The molecule has 0 radical (unpaired) electrons. The summed E-state index contributed by atoms with van der Waals surface area (Å²) in [5, 5.41) is 2.67. The quantitative estimate of drug-likeness (QED) is 0.888. The van der Waals surface area contributed by atoms with E-state index in [2.05, 4.69) is 5.32 Å². The zero-order chi connectivity index (χ0) is 15.9. The molecule has 0 saturated carbocycles. The van der Waals surface area contributed by atoms with Gasteiger partial charge in [-0.15, -0.1) is 0 Å². The Morgan fingerprint density at radius 3 is 2.64 bits per heavy atom. The first-order chi connectivity index (χ1) is 10.6. The monoisotopic (exact) mass is 305 g/mol. The fourth-order valence-corrected chi connectivity index (χ4v) is 1.85. The predicted molar refractivity (Wildman–Crippen MR) is 79.5 cm³/mol. The lowest BCUT2D eigenvalue weighted by atomic mass is 10.1. The molecule has 0 aromatic heterocycles. The van der Waals surface area contributed by atoms with E-state index in [4.69, 9.17) is 4.74 Å². The summed E-state index contributed by atoms with van der Waals surface area (Å²) < 4.78 is 31.9. The van der Waals surface area contributed by atoms with Gasteiger partial charge >= 0.3 is 0 Å². The Labute approximate surface area is 127 Å². The molecule has 0 bridgehead atoms. The van der Waals surface area contributed by atoms with E-state index in [1.54, 1.807) is 31.2 Å². The summed E-state index contributed by atoms with van der Waals surface area (Å²) in [7, 11) is 0. The highest BCUT2D eigenvalue weighted by atomic mass is 19.1. The predicted octanol–water partition coefficient (Wildman–Crippen LogP) is 3.36. The smallest absolute Gasteiger partial charge is 0.223 e. The molecule has 22 heavy (non-hydrogen) atoms. The molecule has 0 atom stereocenters. The highest BCUT2D eigenvalue weighted by Gasteiger charge is 2.06. The number of halogens is 2. The molecule has 0 unspecified atom stereocenters. The van der Waals surface area contributed by atoms with Crippen LogP contribution in [0.2, 0.25) is 0 Å². The van der Waals surface area contributed by atoms with Gasteiger partial charge < -0.3 is 10.1 Å². The van der Waals surface area contributed by atoms with Gasteiger partial charge in [-0.1, -0.05) is 24.3 Å². The number of hydrogen-bond acceptors (Lipinski definition) is 2. The zero-order valence-corrected chi connectivity index (χ0v) is 12.2. The summed E-state index contributed by atoms with van der Waals surface area (Å²) in [6.45, 7) is 2.00. The minimum Gasteiger partial charge on any atom is -0.490 e. The molecule has 0 saturated heterocycles. The van der Waals surface area contributed by atoms with Gasteiger partial charge in [0.1, 0.15) is 5.82 Å². The largest absolute Gasteiger partial charge is 0.490 e. The van der Waals surface area contributed by atoms with Crippen LogP contribution in [0.4, 0.5) is 8.78 Å². The van der Waals surface area contributed by atoms with Gasteiger partial charge in [0.25, 0.3) is 0 Å². The van der Waals surface area contributed by atoms with Gasteiger partial charge in [-0.25, -0.2) is 8.78 Å². The number of benzene rings is 2. The lowest BCUT2D eigenvalue weighted by molar-refractivity contribution is -0.121. The van der Waals surface area contributed by atoms with Crippen molar-refractivity contribution in [2.24, 2.45) is 0 Å². The van der Waals surface area contributed by atoms with Crippen molar-refractivity contribution in [1.82, 2.24) is 5.32 Å². The molecule has 1 amide bonds. The molecule has 2 rings (SSSR count). The molecule has 2 aromatic rings. The fourth-order valence-electron chi connectivity index (χ4n) is 1.85. The van der Waals surface area contributed by atoms with Crippen LogP contribution in [0.1, 0.15) is 17.5 Å². The van der Waals surface area contributed by atoms with Crippen molar-refractivity contribution in [1.29, 1.82) is 0 Å². The molecule has 116 valence electrons. The van der Waals surface area contributed by atoms with Crippen molar-refractivity contribution in [3.8, 4) is 5.75 Å². The Morgan fingerprint density at radius 2 is 1.91 bits per heavy atom. The Hall–Kier alpha value is -2.43. The van der Waals surface area contributed by atoms with Gasteiger partial charge in [-0.3, -0.25) is 4.79 Å². The van der Waals surface area contributed by atoms with Crippen molar-refractivity contribution in [3.05, 3.63) is 65.2 Å². The molecule has 2 aromatic carbocycles. The summed E-state index contributed by atoms with van der Waals surface area (Å²) in [6.07, 6.45) is 0.0999. The molecule has 0 aliphatic heterocycles. The summed E-state index contributed by atoms with van der Waals surface area (Å²) in [5.74, 6) is -0.874. The maximum atomic E-state index is 13.4. The molecular formula is C17H17F2NO2. The van der Waals surface area contributed by atoms with Gasteiger partial charge in [0.05, 0.1) is 13.0 Å². The van der Waals surface area contributed by atoms with Crippen LogP contribution in [-0.4, -0.2) is 12.5 Å². The average Bonchev–Trinajstić information content (AvgIpc) is 2.50. The maximum Gasteiger partial charge on any atom is 0.223 e. The number of rotatable bonds is 6. The Morgan fingerprint density at radius 1 is 1.14 bits per heavy atom. The topological polar surface area (TPSA) is 38.3 Å². The Balaban J connectivity index is 1.74. The van der Waals surface area contributed by atoms with Crippen LogP contribution in [0.15, 0.2) is 42.5 Å². The number of aryl methyl sites for hydroxylation is 1. The van der Waals surface area contributed by atoms with Crippen molar-refractivity contribution in [2.75, 3.05) is 6.61 Å². The highest BCUT2D eigenvalue weighted by molar-refractivity contribution is 5.76. The number of carbonyl (C=O) groups excluding carboxylic acids is 1. The third-order valence-corrected chi connectivity index (χ3v) is 3.15. The molecule has 5 heteroatoms.